The standard InChI is InChI=1S/C10H8F2O2/c1-3-9(13)6-4-7(11)8(12)5-10(6)14-2/h3-5H,1H2,2H3. The molecule has 1 aromatic carbocycles. The molecule has 1 aromatic rings. The monoisotopic (exact) mass is 198 g/mol. The van der Waals surface area contributed by atoms with Crippen LogP contribution in [0.15, 0.2) is 24.8 Å². The van der Waals surface area contributed by atoms with E-state index in [0.717, 1.165) is 18.2 Å². The normalized spacial score (nSPS) is 9.64. The molecule has 1 rings (SSSR count). The van der Waals surface area contributed by atoms with Crippen molar-refractivity contribution in [3.63, 3.8) is 0 Å². The summed E-state index contributed by atoms with van der Waals surface area (Å²) in [5.74, 6) is -2.66. The second kappa shape index (κ2) is 4.00. The number of rotatable bonds is 3. The van der Waals surface area contributed by atoms with Crippen molar-refractivity contribution in [2.45, 2.75) is 0 Å². The Morgan fingerprint density at radius 3 is 2.50 bits per heavy atom. The highest BCUT2D eigenvalue weighted by molar-refractivity contribution is 6.06. The molecule has 0 atom stereocenters. The van der Waals surface area contributed by atoms with Gasteiger partial charge in [-0.05, 0) is 12.1 Å². The number of hydrogen-bond acceptors (Lipinski definition) is 2. The smallest absolute Gasteiger partial charge is 0.189 e. The molecule has 0 heterocycles. The van der Waals surface area contributed by atoms with E-state index in [9.17, 15) is 13.6 Å². The van der Waals surface area contributed by atoms with Crippen LogP contribution in [-0.4, -0.2) is 12.9 Å². The van der Waals surface area contributed by atoms with Crippen molar-refractivity contribution in [1.29, 1.82) is 0 Å². The molecule has 0 aromatic heterocycles. The molecule has 0 fully saturated rings. The maximum Gasteiger partial charge on any atom is 0.189 e. The van der Waals surface area contributed by atoms with Crippen molar-refractivity contribution in [3.05, 3.63) is 42.0 Å². The van der Waals surface area contributed by atoms with Gasteiger partial charge in [-0.15, -0.1) is 0 Å². The van der Waals surface area contributed by atoms with Crippen LogP contribution in [0.2, 0.25) is 0 Å². The maximum atomic E-state index is 12.8. The quantitative estimate of drug-likeness (QED) is 0.550. The first-order chi connectivity index (χ1) is 6.60. The first-order valence-corrected chi connectivity index (χ1v) is 3.80. The maximum absolute atomic E-state index is 12.8. The van der Waals surface area contributed by atoms with Gasteiger partial charge in [0.15, 0.2) is 17.4 Å². The zero-order valence-electron chi connectivity index (χ0n) is 7.51. The molecule has 0 spiro atoms. The van der Waals surface area contributed by atoms with Gasteiger partial charge in [0.25, 0.3) is 0 Å². The Kier molecular flexibility index (Phi) is 2.96. The SMILES string of the molecule is C=CC(=O)c1cc(F)c(F)cc1OC. The number of carbonyl (C=O) groups excluding carboxylic acids is 1. The largest absolute Gasteiger partial charge is 0.496 e. The van der Waals surface area contributed by atoms with E-state index < -0.39 is 17.4 Å². The fourth-order valence-electron chi connectivity index (χ4n) is 1.000. The molecule has 0 bridgehead atoms. The lowest BCUT2D eigenvalue weighted by molar-refractivity contribution is 0.104. The van der Waals surface area contributed by atoms with Crippen molar-refractivity contribution >= 4 is 5.78 Å². The molecule has 2 nitrogen and oxygen atoms in total. The molecule has 0 saturated carbocycles. The Morgan fingerprint density at radius 2 is 2.00 bits per heavy atom. The summed E-state index contributed by atoms with van der Waals surface area (Å²) in [6.45, 7) is 3.24. The lowest BCUT2D eigenvalue weighted by atomic mass is 10.1. The zero-order chi connectivity index (χ0) is 10.7. The first kappa shape index (κ1) is 10.4. The van der Waals surface area contributed by atoms with Gasteiger partial charge in [0, 0.05) is 6.07 Å². The second-order valence-electron chi connectivity index (χ2n) is 2.53. The van der Waals surface area contributed by atoms with Crippen molar-refractivity contribution in [2.75, 3.05) is 7.11 Å². The molecule has 0 N–H and O–H groups in total. The van der Waals surface area contributed by atoms with Crippen molar-refractivity contribution in [3.8, 4) is 5.75 Å². The summed E-state index contributed by atoms with van der Waals surface area (Å²) in [5.41, 5.74) is -0.0404. The second-order valence-corrected chi connectivity index (χ2v) is 2.53. The molecular formula is C10H8F2O2. The highest BCUT2D eigenvalue weighted by Crippen LogP contribution is 2.22. The third-order valence-electron chi connectivity index (χ3n) is 1.69. The Bertz CT molecular complexity index is 386. The number of halogens is 2. The summed E-state index contributed by atoms with van der Waals surface area (Å²) in [5, 5.41) is 0. The van der Waals surface area contributed by atoms with E-state index in [1.807, 2.05) is 0 Å². The van der Waals surface area contributed by atoms with E-state index in [0.29, 0.717) is 0 Å². The minimum absolute atomic E-state index is 0.00574. The van der Waals surface area contributed by atoms with Gasteiger partial charge in [-0.1, -0.05) is 6.58 Å². The molecule has 0 aliphatic rings. The van der Waals surface area contributed by atoms with Gasteiger partial charge >= 0.3 is 0 Å². The van der Waals surface area contributed by atoms with Crippen molar-refractivity contribution in [1.82, 2.24) is 0 Å². The Hall–Kier alpha value is -1.71. The van der Waals surface area contributed by atoms with Crippen LogP contribution in [0.4, 0.5) is 8.78 Å². The number of hydrogen-bond donors (Lipinski definition) is 0. The molecule has 0 radical (unpaired) electrons. The average molecular weight is 198 g/mol. The van der Waals surface area contributed by atoms with Crippen LogP contribution in [0.1, 0.15) is 10.4 Å². The van der Waals surface area contributed by atoms with Gasteiger partial charge in [-0.25, -0.2) is 8.78 Å². The highest BCUT2D eigenvalue weighted by atomic mass is 19.2. The van der Waals surface area contributed by atoms with Crippen LogP contribution in [0, 0.1) is 11.6 Å². The average Bonchev–Trinajstić information content (AvgIpc) is 2.20. The molecule has 0 unspecified atom stereocenters. The van der Waals surface area contributed by atoms with Crippen LogP contribution in [0.25, 0.3) is 0 Å². The van der Waals surface area contributed by atoms with Crippen molar-refractivity contribution < 1.29 is 18.3 Å². The van der Waals surface area contributed by atoms with Crippen molar-refractivity contribution in [2.24, 2.45) is 0 Å². The van der Waals surface area contributed by atoms with E-state index in [-0.39, 0.29) is 11.3 Å². The summed E-state index contributed by atoms with van der Waals surface area (Å²) in [6, 6.07) is 1.62. The summed E-state index contributed by atoms with van der Waals surface area (Å²) in [7, 11) is 1.27. The van der Waals surface area contributed by atoms with Gasteiger partial charge in [-0.3, -0.25) is 4.79 Å². The number of carbonyl (C=O) groups is 1. The van der Waals surface area contributed by atoms with Crippen LogP contribution in [0.3, 0.4) is 0 Å². The number of ether oxygens (including phenoxy) is 1. The number of ketones is 1. The van der Waals surface area contributed by atoms with Gasteiger partial charge in [0.2, 0.25) is 0 Å². The van der Waals surface area contributed by atoms with Gasteiger partial charge in [-0.2, -0.15) is 0 Å². The topological polar surface area (TPSA) is 26.3 Å². The first-order valence-electron chi connectivity index (χ1n) is 3.80. The lowest BCUT2D eigenvalue weighted by Gasteiger charge is -2.05. The molecule has 4 heteroatoms. The molecule has 0 aliphatic heterocycles. The minimum Gasteiger partial charge on any atom is -0.496 e. The third-order valence-corrected chi connectivity index (χ3v) is 1.69. The summed E-state index contributed by atoms with van der Waals surface area (Å²) in [4.78, 5) is 11.2. The highest BCUT2D eigenvalue weighted by Gasteiger charge is 2.14. The Labute approximate surface area is 79.8 Å². The fraction of sp³-hybridized carbons (Fsp3) is 0.100. The number of allylic oxidation sites excluding steroid dienone is 1. The van der Waals surface area contributed by atoms with Crippen LogP contribution in [-0.2, 0) is 0 Å². The summed E-state index contributed by atoms with van der Waals surface area (Å²) < 4.78 is 30.2. The predicted molar refractivity (Wildman–Crippen MR) is 47.4 cm³/mol. The minimum atomic E-state index is -1.09. The lowest BCUT2D eigenvalue weighted by Crippen LogP contribution is -2.01. The predicted octanol–water partition coefficient (Wildman–Crippen LogP) is 2.34. The number of methoxy groups -OCH3 is 1. The van der Waals surface area contributed by atoms with E-state index >= 15 is 0 Å². The molecule has 0 aliphatic carbocycles. The van der Waals surface area contributed by atoms with Crippen LogP contribution in [0.5, 0.6) is 5.75 Å². The Morgan fingerprint density at radius 1 is 1.43 bits per heavy atom. The zero-order valence-corrected chi connectivity index (χ0v) is 7.51. The summed E-state index contributed by atoms with van der Waals surface area (Å²) in [6.07, 6.45) is 1.01. The molecule has 74 valence electrons. The molecule has 14 heavy (non-hydrogen) atoms. The van der Waals surface area contributed by atoms with Gasteiger partial charge < -0.3 is 4.74 Å². The van der Waals surface area contributed by atoms with E-state index in [2.05, 4.69) is 6.58 Å². The fourth-order valence-corrected chi connectivity index (χ4v) is 1.000. The summed E-state index contributed by atoms with van der Waals surface area (Å²) >= 11 is 0. The molecular weight excluding hydrogens is 190 g/mol. The van der Waals surface area contributed by atoms with E-state index in [1.54, 1.807) is 0 Å². The van der Waals surface area contributed by atoms with Gasteiger partial charge in [0.05, 0.1) is 12.7 Å². The van der Waals surface area contributed by atoms with E-state index in [1.165, 1.54) is 7.11 Å². The van der Waals surface area contributed by atoms with E-state index in [4.69, 9.17) is 4.74 Å². The number of benzene rings is 1. The Balaban J connectivity index is 3.33. The van der Waals surface area contributed by atoms with Gasteiger partial charge in [0.1, 0.15) is 5.75 Å². The van der Waals surface area contributed by atoms with Crippen LogP contribution < -0.4 is 4.74 Å². The van der Waals surface area contributed by atoms with Crippen LogP contribution >= 0.6 is 0 Å². The molecule has 0 saturated heterocycles. The molecule has 0 amide bonds. The third kappa shape index (κ3) is 1.79.